The molecule has 1 heterocycles. The average Bonchev–Trinajstić information content (AvgIpc) is 2.47. The van der Waals surface area contributed by atoms with Crippen LogP contribution >= 0.6 is 0 Å². The monoisotopic (exact) mass is 267 g/mol. The Morgan fingerprint density at radius 2 is 1.75 bits per heavy atom. The van der Waals surface area contributed by atoms with E-state index in [-0.39, 0.29) is 12.2 Å². The second kappa shape index (κ2) is 5.78. The van der Waals surface area contributed by atoms with Crippen LogP contribution in [-0.4, -0.2) is 19.2 Å². The highest BCUT2D eigenvalue weighted by Crippen LogP contribution is 2.27. The highest BCUT2D eigenvalue weighted by Gasteiger charge is 2.20. The van der Waals surface area contributed by atoms with Crippen LogP contribution in [0.25, 0.3) is 11.1 Å². The lowest BCUT2D eigenvalue weighted by molar-refractivity contribution is -0.0286. The summed E-state index contributed by atoms with van der Waals surface area (Å²) in [4.78, 5) is 0. The van der Waals surface area contributed by atoms with Gasteiger partial charge in [0.1, 0.15) is 0 Å². The molecule has 2 nitrogen and oxygen atoms in total. The molecule has 1 saturated heterocycles. The first-order valence-electron chi connectivity index (χ1n) is 7.25. The molecule has 20 heavy (non-hydrogen) atoms. The lowest BCUT2D eigenvalue weighted by atomic mass is 9.99. The van der Waals surface area contributed by atoms with Crippen LogP contribution in [0.3, 0.4) is 0 Å². The molecule has 1 aliphatic rings. The molecule has 104 valence electrons. The van der Waals surface area contributed by atoms with Crippen LogP contribution in [0.5, 0.6) is 0 Å². The summed E-state index contributed by atoms with van der Waals surface area (Å²) in [5.74, 6) is 0. The molecular weight excluding hydrogens is 246 g/mol. The van der Waals surface area contributed by atoms with Gasteiger partial charge >= 0.3 is 0 Å². The summed E-state index contributed by atoms with van der Waals surface area (Å²) in [5, 5.41) is 3.43. The van der Waals surface area contributed by atoms with Crippen molar-refractivity contribution in [2.24, 2.45) is 0 Å². The molecule has 2 aromatic rings. The SMILES string of the molecule is Cc1cccc(-c2cccc(C3CNCC(C)O3)c2)c1. The van der Waals surface area contributed by atoms with E-state index in [1.54, 1.807) is 0 Å². The van der Waals surface area contributed by atoms with Crippen molar-refractivity contribution in [1.29, 1.82) is 0 Å². The van der Waals surface area contributed by atoms with Gasteiger partial charge in [-0.05, 0) is 36.6 Å². The van der Waals surface area contributed by atoms with Crippen LogP contribution in [0.1, 0.15) is 24.2 Å². The predicted molar refractivity (Wildman–Crippen MR) is 82.8 cm³/mol. The first kappa shape index (κ1) is 13.3. The Kier molecular flexibility index (Phi) is 3.86. The molecule has 0 radical (unpaired) electrons. The topological polar surface area (TPSA) is 21.3 Å². The van der Waals surface area contributed by atoms with Gasteiger partial charge in [0.25, 0.3) is 0 Å². The van der Waals surface area contributed by atoms with Crippen molar-refractivity contribution in [2.75, 3.05) is 13.1 Å². The Hall–Kier alpha value is -1.64. The van der Waals surface area contributed by atoms with Gasteiger partial charge in [0.2, 0.25) is 0 Å². The summed E-state index contributed by atoms with van der Waals surface area (Å²) in [5.41, 5.74) is 5.07. The second-order valence-electron chi connectivity index (χ2n) is 5.59. The standard InChI is InChI=1S/C18H21NO/c1-13-5-3-6-15(9-13)16-7-4-8-17(10-16)18-12-19-11-14(2)20-18/h3-10,14,18-19H,11-12H2,1-2H3. The first-order valence-corrected chi connectivity index (χ1v) is 7.25. The zero-order valence-electron chi connectivity index (χ0n) is 12.1. The first-order chi connectivity index (χ1) is 9.72. The minimum absolute atomic E-state index is 0.156. The van der Waals surface area contributed by atoms with E-state index in [1.165, 1.54) is 22.3 Å². The van der Waals surface area contributed by atoms with Crippen molar-refractivity contribution in [1.82, 2.24) is 5.32 Å². The Bertz CT molecular complexity index is 593. The third-order valence-electron chi connectivity index (χ3n) is 3.77. The quantitative estimate of drug-likeness (QED) is 0.895. The number of nitrogens with one attached hydrogen (secondary N) is 1. The maximum Gasteiger partial charge on any atom is 0.0953 e. The molecular formula is C18H21NO. The van der Waals surface area contributed by atoms with E-state index in [1.807, 2.05) is 0 Å². The highest BCUT2D eigenvalue weighted by molar-refractivity contribution is 5.65. The number of hydrogen-bond donors (Lipinski definition) is 1. The Balaban J connectivity index is 1.89. The fraction of sp³-hybridized carbons (Fsp3) is 0.333. The van der Waals surface area contributed by atoms with Gasteiger partial charge in [-0.3, -0.25) is 0 Å². The molecule has 3 rings (SSSR count). The van der Waals surface area contributed by atoms with E-state index in [9.17, 15) is 0 Å². The summed E-state index contributed by atoms with van der Waals surface area (Å²) in [6, 6.07) is 17.3. The van der Waals surface area contributed by atoms with Crippen LogP contribution in [-0.2, 0) is 4.74 Å². The fourth-order valence-electron chi connectivity index (χ4n) is 2.73. The molecule has 2 aromatic carbocycles. The molecule has 2 unspecified atom stereocenters. The van der Waals surface area contributed by atoms with Crippen molar-refractivity contribution in [3.8, 4) is 11.1 Å². The van der Waals surface area contributed by atoms with Crippen LogP contribution in [0, 0.1) is 6.92 Å². The van der Waals surface area contributed by atoms with Gasteiger partial charge in [-0.15, -0.1) is 0 Å². The molecule has 1 N–H and O–H groups in total. The zero-order valence-corrected chi connectivity index (χ0v) is 12.1. The van der Waals surface area contributed by atoms with Gasteiger partial charge in [-0.1, -0.05) is 48.0 Å². The van der Waals surface area contributed by atoms with E-state index >= 15 is 0 Å². The largest absolute Gasteiger partial charge is 0.368 e. The summed E-state index contributed by atoms with van der Waals surface area (Å²) < 4.78 is 6.02. The van der Waals surface area contributed by atoms with Gasteiger partial charge in [0.15, 0.2) is 0 Å². The van der Waals surface area contributed by atoms with E-state index in [0.717, 1.165) is 13.1 Å². The second-order valence-corrected chi connectivity index (χ2v) is 5.59. The number of ether oxygens (including phenoxy) is 1. The number of benzene rings is 2. The van der Waals surface area contributed by atoms with Crippen molar-refractivity contribution in [2.45, 2.75) is 26.1 Å². The molecule has 0 aliphatic carbocycles. The van der Waals surface area contributed by atoms with Crippen LogP contribution in [0.15, 0.2) is 48.5 Å². The Morgan fingerprint density at radius 1 is 1.00 bits per heavy atom. The number of aryl methyl sites for hydroxylation is 1. The van der Waals surface area contributed by atoms with Crippen molar-refractivity contribution in [3.63, 3.8) is 0 Å². The smallest absolute Gasteiger partial charge is 0.0953 e. The maximum absolute atomic E-state index is 6.02. The van der Waals surface area contributed by atoms with Gasteiger partial charge in [0.05, 0.1) is 12.2 Å². The summed E-state index contributed by atoms with van der Waals surface area (Å²) in [6.45, 7) is 6.07. The van der Waals surface area contributed by atoms with Crippen molar-refractivity contribution >= 4 is 0 Å². The normalized spacial score (nSPS) is 22.7. The third kappa shape index (κ3) is 2.92. The highest BCUT2D eigenvalue weighted by atomic mass is 16.5. The molecule has 0 aromatic heterocycles. The third-order valence-corrected chi connectivity index (χ3v) is 3.77. The van der Waals surface area contributed by atoms with Crippen molar-refractivity contribution in [3.05, 3.63) is 59.7 Å². The molecule has 2 heteroatoms. The van der Waals surface area contributed by atoms with E-state index in [0.29, 0.717) is 0 Å². The number of rotatable bonds is 2. The van der Waals surface area contributed by atoms with Gasteiger partial charge < -0.3 is 10.1 Å². The van der Waals surface area contributed by atoms with Gasteiger partial charge in [-0.2, -0.15) is 0 Å². The summed E-state index contributed by atoms with van der Waals surface area (Å²) in [6.07, 6.45) is 0.430. The minimum atomic E-state index is 0.156. The van der Waals surface area contributed by atoms with Gasteiger partial charge in [-0.25, -0.2) is 0 Å². The van der Waals surface area contributed by atoms with Gasteiger partial charge in [0, 0.05) is 13.1 Å². The Labute approximate surface area is 120 Å². The molecule has 2 atom stereocenters. The zero-order chi connectivity index (χ0) is 13.9. The van der Waals surface area contributed by atoms with Crippen molar-refractivity contribution < 1.29 is 4.74 Å². The molecule has 0 bridgehead atoms. The lowest BCUT2D eigenvalue weighted by Crippen LogP contribution is -2.38. The van der Waals surface area contributed by atoms with E-state index < -0.39 is 0 Å². The number of hydrogen-bond acceptors (Lipinski definition) is 2. The number of morpholine rings is 1. The van der Waals surface area contributed by atoms with Crippen LogP contribution in [0.2, 0.25) is 0 Å². The summed E-state index contributed by atoms with van der Waals surface area (Å²) >= 11 is 0. The average molecular weight is 267 g/mol. The summed E-state index contributed by atoms with van der Waals surface area (Å²) in [7, 11) is 0. The van der Waals surface area contributed by atoms with E-state index in [2.05, 4.69) is 67.7 Å². The molecule has 0 saturated carbocycles. The lowest BCUT2D eigenvalue weighted by Gasteiger charge is -2.29. The minimum Gasteiger partial charge on any atom is -0.368 e. The molecule has 0 spiro atoms. The van der Waals surface area contributed by atoms with Crippen LogP contribution in [0.4, 0.5) is 0 Å². The molecule has 1 fully saturated rings. The van der Waals surface area contributed by atoms with E-state index in [4.69, 9.17) is 4.74 Å². The van der Waals surface area contributed by atoms with Crippen LogP contribution < -0.4 is 5.32 Å². The fourth-order valence-corrected chi connectivity index (χ4v) is 2.73. The molecule has 0 amide bonds. The predicted octanol–water partition coefficient (Wildman–Crippen LogP) is 3.71. The maximum atomic E-state index is 6.02. The molecule has 1 aliphatic heterocycles. The Morgan fingerprint density at radius 3 is 2.50 bits per heavy atom.